The van der Waals surface area contributed by atoms with Crippen molar-refractivity contribution in [1.82, 2.24) is 0 Å². The lowest BCUT2D eigenvalue weighted by Crippen LogP contribution is -2.26. The summed E-state index contributed by atoms with van der Waals surface area (Å²) in [6, 6.07) is 5.30. The van der Waals surface area contributed by atoms with Gasteiger partial charge in [-0.1, -0.05) is 0 Å². The number of carbonyl (C=O) groups excluding carboxylic acids is 2. The molecule has 0 radical (unpaired) electrons. The van der Waals surface area contributed by atoms with Crippen molar-refractivity contribution < 1.29 is 14.3 Å². The molecule has 0 aliphatic carbocycles. The van der Waals surface area contributed by atoms with E-state index in [9.17, 15) is 9.59 Å². The van der Waals surface area contributed by atoms with Gasteiger partial charge in [0.05, 0.1) is 11.0 Å². The minimum atomic E-state index is -0.606. The molecule has 0 amide bonds. The van der Waals surface area contributed by atoms with Gasteiger partial charge in [-0.3, -0.25) is 9.59 Å². The topological polar surface area (TPSA) is 46.6 Å². The maximum absolute atomic E-state index is 12.0. The summed E-state index contributed by atoms with van der Waals surface area (Å²) in [5.41, 5.74) is 0.724. The third-order valence-corrected chi connectivity index (χ3v) is 3.07. The van der Waals surface area contributed by atoms with E-state index in [1.165, 1.54) is 0 Å². The molecule has 0 aromatic heterocycles. The van der Waals surface area contributed by atoms with Crippen LogP contribution in [0.5, 0.6) is 5.75 Å². The van der Waals surface area contributed by atoms with Crippen molar-refractivity contribution >= 4 is 17.9 Å². The predicted molar refractivity (Wildman–Crippen MR) is 80.5 cm³/mol. The second-order valence-corrected chi connectivity index (χ2v) is 5.65. The van der Waals surface area contributed by atoms with Gasteiger partial charge in [0, 0.05) is 24.8 Å². The lowest BCUT2D eigenvalue weighted by Gasteiger charge is -2.23. The molecule has 0 aliphatic heterocycles. The van der Waals surface area contributed by atoms with Crippen LogP contribution in [0.4, 0.5) is 5.69 Å². The quantitative estimate of drug-likeness (QED) is 0.470. The van der Waals surface area contributed by atoms with E-state index < -0.39 is 5.41 Å². The monoisotopic (exact) mass is 277 g/mol. The molecule has 0 heterocycles. The highest BCUT2D eigenvalue weighted by Crippen LogP contribution is 2.27. The number of ether oxygens (including phenoxy) is 1. The van der Waals surface area contributed by atoms with E-state index in [0.29, 0.717) is 17.6 Å². The Morgan fingerprint density at radius 1 is 1.25 bits per heavy atom. The van der Waals surface area contributed by atoms with Gasteiger partial charge >= 0.3 is 5.97 Å². The fourth-order valence-electron chi connectivity index (χ4n) is 1.75. The van der Waals surface area contributed by atoms with Crippen LogP contribution in [-0.4, -0.2) is 25.3 Å². The van der Waals surface area contributed by atoms with Crippen molar-refractivity contribution in [3.8, 4) is 5.75 Å². The number of hydrogen-bond acceptors (Lipinski definition) is 4. The molecule has 1 aromatic carbocycles. The standard InChI is InChI=1S/C16H23NO3/c1-6-17(7-2)13-9-8-12(11-18)14(10-13)20-15(19)16(3,4)5/h8-11H,6-7H2,1-5H3. The molecule has 0 bridgehead atoms. The zero-order valence-corrected chi connectivity index (χ0v) is 12.9. The first kappa shape index (κ1) is 16.2. The number of carbonyl (C=O) groups is 2. The summed E-state index contributed by atoms with van der Waals surface area (Å²) in [7, 11) is 0. The highest BCUT2D eigenvalue weighted by atomic mass is 16.5. The molecular weight excluding hydrogens is 254 g/mol. The number of aldehydes is 1. The summed E-state index contributed by atoms with van der Waals surface area (Å²) in [5, 5.41) is 0. The second kappa shape index (κ2) is 6.55. The molecule has 20 heavy (non-hydrogen) atoms. The van der Waals surface area contributed by atoms with Crippen LogP contribution in [0.3, 0.4) is 0 Å². The van der Waals surface area contributed by atoms with E-state index in [1.54, 1.807) is 32.9 Å². The van der Waals surface area contributed by atoms with Gasteiger partial charge in [0.2, 0.25) is 0 Å². The van der Waals surface area contributed by atoms with Gasteiger partial charge in [-0.05, 0) is 46.8 Å². The van der Waals surface area contributed by atoms with Gasteiger partial charge in [-0.25, -0.2) is 0 Å². The molecule has 0 saturated heterocycles. The maximum atomic E-state index is 12.0. The van der Waals surface area contributed by atoms with Crippen LogP contribution >= 0.6 is 0 Å². The van der Waals surface area contributed by atoms with Crippen LogP contribution in [0.2, 0.25) is 0 Å². The fraction of sp³-hybridized carbons (Fsp3) is 0.500. The van der Waals surface area contributed by atoms with Crippen molar-refractivity contribution in [3.63, 3.8) is 0 Å². The zero-order valence-electron chi connectivity index (χ0n) is 12.9. The first-order chi connectivity index (χ1) is 9.33. The molecular formula is C16H23NO3. The van der Waals surface area contributed by atoms with Crippen LogP contribution in [0.1, 0.15) is 45.0 Å². The summed E-state index contributed by atoms with van der Waals surface area (Å²) in [4.78, 5) is 25.2. The van der Waals surface area contributed by atoms with Gasteiger partial charge in [0.25, 0.3) is 0 Å². The smallest absolute Gasteiger partial charge is 0.316 e. The van der Waals surface area contributed by atoms with Crippen molar-refractivity contribution in [2.24, 2.45) is 5.41 Å². The average Bonchev–Trinajstić information content (AvgIpc) is 2.39. The molecule has 0 unspecified atom stereocenters. The van der Waals surface area contributed by atoms with Crippen molar-refractivity contribution in [2.45, 2.75) is 34.6 Å². The fourth-order valence-corrected chi connectivity index (χ4v) is 1.75. The zero-order chi connectivity index (χ0) is 15.3. The molecule has 4 nitrogen and oxygen atoms in total. The average molecular weight is 277 g/mol. The van der Waals surface area contributed by atoms with Gasteiger partial charge < -0.3 is 9.64 Å². The summed E-state index contributed by atoms with van der Waals surface area (Å²) < 4.78 is 5.38. The van der Waals surface area contributed by atoms with E-state index in [4.69, 9.17) is 4.74 Å². The maximum Gasteiger partial charge on any atom is 0.316 e. The first-order valence-corrected chi connectivity index (χ1v) is 6.90. The largest absolute Gasteiger partial charge is 0.425 e. The van der Waals surface area contributed by atoms with Crippen LogP contribution < -0.4 is 9.64 Å². The third-order valence-electron chi connectivity index (χ3n) is 3.07. The summed E-state index contributed by atoms with van der Waals surface area (Å²) in [5.74, 6) is -0.0263. The van der Waals surface area contributed by atoms with E-state index in [-0.39, 0.29) is 5.97 Å². The number of hydrogen-bond donors (Lipinski definition) is 0. The van der Waals surface area contributed by atoms with Gasteiger partial charge in [-0.2, -0.15) is 0 Å². The molecule has 0 saturated carbocycles. The summed E-state index contributed by atoms with van der Waals surface area (Å²) >= 11 is 0. The van der Waals surface area contributed by atoms with E-state index in [2.05, 4.69) is 18.7 Å². The summed E-state index contributed by atoms with van der Waals surface area (Å²) in [6.07, 6.45) is 0.706. The number of anilines is 1. The molecule has 0 aliphatic rings. The highest BCUT2D eigenvalue weighted by Gasteiger charge is 2.24. The predicted octanol–water partition coefficient (Wildman–Crippen LogP) is 3.30. The minimum Gasteiger partial charge on any atom is -0.425 e. The number of nitrogens with zero attached hydrogens (tertiary/aromatic N) is 1. The third kappa shape index (κ3) is 3.83. The number of esters is 1. The number of rotatable bonds is 5. The first-order valence-electron chi connectivity index (χ1n) is 6.90. The Balaban J connectivity index is 3.12. The van der Waals surface area contributed by atoms with E-state index in [0.717, 1.165) is 18.8 Å². The van der Waals surface area contributed by atoms with Crippen molar-refractivity contribution in [3.05, 3.63) is 23.8 Å². The molecule has 0 N–H and O–H groups in total. The van der Waals surface area contributed by atoms with E-state index in [1.807, 2.05) is 6.07 Å². The minimum absolute atomic E-state index is 0.323. The van der Waals surface area contributed by atoms with Crippen LogP contribution in [0.15, 0.2) is 18.2 Å². The Kier molecular flexibility index (Phi) is 5.31. The lowest BCUT2D eigenvalue weighted by molar-refractivity contribution is -0.143. The molecule has 1 aromatic rings. The van der Waals surface area contributed by atoms with Crippen molar-refractivity contribution in [1.29, 1.82) is 0 Å². The summed E-state index contributed by atoms with van der Waals surface area (Å²) in [6.45, 7) is 11.2. The molecule has 0 spiro atoms. The van der Waals surface area contributed by atoms with Crippen LogP contribution in [0.25, 0.3) is 0 Å². The molecule has 110 valence electrons. The Morgan fingerprint density at radius 2 is 1.85 bits per heavy atom. The number of benzene rings is 1. The molecule has 4 heteroatoms. The molecule has 1 rings (SSSR count). The Hall–Kier alpha value is -1.84. The highest BCUT2D eigenvalue weighted by molar-refractivity contribution is 5.85. The van der Waals surface area contributed by atoms with Crippen molar-refractivity contribution in [2.75, 3.05) is 18.0 Å². The van der Waals surface area contributed by atoms with Gasteiger partial charge in [-0.15, -0.1) is 0 Å². The Labute approximate surface area is 120 Å². The SMILES string of the molecule is CCN(CC)c1ccc(C=O)c(OC(=O)C(C)(C)C)c1. The van der Waals surface area contributed by atoms with Crippen LogP contribution in [-0.2, 0) is 4.79 Å². The van der Waals surface area contributed by atoms with Gasteiger partial charge in [0.1, 0.15) is 5.75 Å². The van der Waals surface area contributed by atoms with E-state index >= 15 is 0 Å². The van der Waals surface area contributed by atoms with Gasteiger partial charge in [0.15, 0.2) is 6.29 Å². The second-order valence-electron chi connectivity index (χ2n) is 5.65. The normalized spacial score (nSPS) is 11.1. The lowest BCUT2D eigenvalue weighted by atomic mass is 9.97. The van der Waals surface area contributed by atoms with Crippen LogP contribution in [0, 0.1) is 5.41 Å². The molecule has 0 fully saturated rings. The Bertz CT molecular complexity index is 485. The Morgan fingerprint density at radius 3 is 2.30 bits per heavy atom. The molecule has 0 atom stereocenters.